The van der Waals surface area contributed by atoms with E-state index in [2.05, 4.69) is 19.9 Å². The second kappa shape index (κ2) is 8.12. The first kappa shape index (κ1) is 20.7. The summed E-state index contributed by atoms with van der Waals surface area (Å²) in [7, 11) is 0. The number of ketones is 1. The summed E-state index contributed by atoms with van der Waals surface area (Å²) >= 11 is 5.99. The molecule has 0 spiro atoms. The maximum absolute atomic E-state index is 12.8. The predicted molar refractivity (Wildman–Crippen MR) is 99.7 cm³/mol. The topological polar surface area (TPSA) is 88.6 Å². The molecule has 0 aliphatic carbocycles. The van der Waals surface area contributed by atoms with E-state index in [-0.39, 0.29) is 28.8 Å². The SMILES string of the molecule is CC(CC(=O)c1cc(=O)[nH]c(-c2ncccn2)n1)c1ccc(C(F)(F)F)cc1Cl. The van der Waals surface area contributed by atoms with Gasteiger partial charge < -0.3 is 4.98 Å². The lowest BCUT2D eigenvalue weighted by atomic mass is 9.93. The lowest BCUT2D eigenvalue weighted by molar-refractivity contribution is -0.137. The fraction of sp³-hybridized carbons (Fsp3) is 0.211. The first-order valence-corrected chi connectivity index (χ1v) is 8.81. The summed E-state index contributed by atoms with van der Waals surface area (Å²) in [5.41, 5.74) is -1.12. The third kappa shape index (κ3) is 4.86. The Bertz CT molecular complexity index is 1100. The van der Waals surface area contributed by atoms with Crippen LogP contribution in [0.15, 0.2) is 47.5 Å². The fourth-order valence-electron chi connectivity index (χ4n) is 2.72. The Morgan fingerprint density at radius 2 is 1.90 bits per heavy atom. The number of rotatable bonds is 5. The van der Waals surface area contributed by atoms with Crippen LogP contribution in [0.2, 0.25) is 5.02 Å². The molecule has 0 fully saturated rings. The van der Waals surface area contributed by atoms with Crippen LogP contribution in [-0.2, 0) is 6.18 Å². The van der Waals surface area contributed by atoms with Crippen molar-refractivity contribution in [2.45, 2.75) is 25.4 Å². The molecule has 3 rings (SSSR count). The van der Waals surface area contributed by atoms with Crippen LogP contribution in [0, 0.1) is 0 Å². The van der Waals surface area contributed by atoms with Crippen molar-refractivity contribution in [1.29, 1.82) is 0 Å². The highest BCUT2D eigenvalue weighted by molar-refractivity contribution is 6.31. The van der Waals surface area contributed by atoms with Crippen molar-refractivity contribution in [2.24, 2.45) is 0 Å². The zero-order valence-corrected chi connectivity index (χ0v) is 15.8. The zero-order chi connectivity index (χ0) is 21.2. The quantitative estimate of drug-likeness (QED) is 0.620. The number of H-pyrrole nitrogens is 1. The van der Waals surface area contributed by atoms with E-state index < -0.39 is 29.0 Å². The van der Waals surface area contributed by atoms with Gasteiger partial charge in [0.15, 0.2) is 17.4 Å². The van der Waals surface area contributed by atoms with Gasteiger partial charge in [0.1, 0.15) is 5.69 Å². The van der Waals surface area contributed by atoms with Crippen LogP contribution in [-0.4, -0.2) is 25.7 Å². The molecule has 0 aliphatic rings. The summed E-state index contributed by atoms with van der Waals surface area (Å²) in [6, 6.07) is 5.63. The van der Waals surface area contributed by atoms with E-state index in [1.165, 1.54) is 18.5 Å². The number of carbonyl (C=O) groups is 1. The minimum Gasteiger partial charge on any atom is -0.304 e. The second-order valence-electron chi connectivity index (χ2n) is 6.31. The Kier molecular flexibility index (Phi) is 5.78. The van der Waals surface area contributed by atoms with E-state index in [4.69, 9.17) is 11.6 Å². The van der Waals surface area contributed by atoms with Gasteiger partial charge in [0.2, 0.25) is 0 Å². The Morgan fingerprint density at radius 3 is 2.52 bits per heavy atom. The van der Waals surface area contributed by atoms with Gasteiger partial charge in [-0.2, -0.15) is 13.2 Å². The van der Waals surface area contributed by atoms with Crippen LogP contribution >= 0.6 is 11.6 Å². The number of Topliss-reactive ketones (excluding diaryl/α,β-unsaturated/α-hetero) is 1. The highest BCUT2D eigenvalue weighted by atomic mass is 35.5. The van der Waals surface area contributed by atoms with Gasteiger partial charge in [-0.15, -0.1) is 0 Å². The molecule has 0 aliphatic heterocycles. The van der Waals surface area contributed by atoms with Crippen LogP contribution < -0.4 is 5.56 Å². The van der Waals surface area contributed by atoms with Crippen molar-refractivity contribution in [3.63, 3.8) is 0 Å². The number of alkyl halides is 3. The number of hydrogen-bond acceptors (Lipinski definition) is 5. The second-order valence-corrected chi connectivity index (χ2v) is 6.72. The molecule has 0 saturated carbocycles. The maximum Gasteiger partial charge on any atom is 0.416 e. The average Bonchev–Trinajstić information content (AvgIpc) is 2.67. The first-order valence-electron chi connectivity index (χ1n) is 8.43. The molecule has 150 valence electrons. The summed E-state index contributed by atoms with van der Waals surface area (Å²) in [5.74, 6) is -0.758. The Labute approximate surface area is 167 Å². The molecule has 1 atom stereocenters. The number of aromatic amines is 1. The minimum atomic E-state index is -4.51. The third-order valence-electron chi connectivity index (χ3n) is 4.16. The summed E-state index contributed by atoms with van der Waals surface area (Å²) in [6.07, 6.45) is -1.68. The van der Waals surface area contributed by atoms with E-state index >= 15 is 0 Å². The molecule has 1 unspecified atom stereocenters. The molecule has 0 bridgehead atoms. The van der Waals surface area contributed by atoms with Crippen molar-refractivity contribution in [2.75, 3.05) is 0 Å². The average molecular weight is 423 g/mol. The molecule has 29 heavy (non-hydrogen) atoms. The molecule has 1 N–H and O–H groups in total. The van der Waals surface area contributed by atoms with Crippen molar-refractivity contribution in [3.05, 3.63) is 74.9 Å². The molecule has 0 amide bonds. The summed E-state index contributed by atoms with van der Waals surface area (Å²) in [5, 5.41) is -0.0858. The summed E-state index contributed by atoms with van der Waals surface area (Å²) in [6.45, 7) is 1.65. The normalized spacial score (nSPS) is 12.6. The van der Waals surface area contributed by atoms with Crippen LogP contribution in [0.1, 0.15) is 40.9 Å². The van der Waals surface area contributed by atoms with Crippen molar-refractivity contribution in [1.82, 2.24) is 19.9 Å². The number of aromatic nitrogens is 4. The molecule has 0 radical (unpaired) electrons. The first-order chi connectivity index (χ1) is 13.6. The lowest BCUT2D eigenvalue weighted by Gasteiger charge is -2.15. The molecule has 0 saturated heterocycles. The van der Waals surface area contributed by atoms with Crippen LogP contribution in [0.5, 0.6) is 0 Å². The number of nitrogens with one attached hydrogen (secondary N) is 1. The number of benzene rings is 1. The number of nitrogens with zero attached hydrogens (tertiary/aromatic N) is 3. The third-order valence-corrected chi connectivity index (χ3v) is 4.48. The molecule has 2 heterocycles. The van der Waals surface area contributed by atoms with Gasteiger partial charge in [0, 0.05) is 29.9 Å². The van der Waals surface area contributed by atoms with Gasteiger partial charge in [0.25, 0.3) is 5.56 Å². The number of carbonyl (C=O) groups excluding carboxylic acids is 1. The molecule has 10 heteroatoms. The standard InChI is InChI=1S/C19H14ClF3N4O2/c1-10(12-4-3-11(8-13(12)20)19(21,22)23)7-15(28)14-9-16(29)27-18(26-14)17-24-5-2-6-25-17/h2-6,8-10H,7H2,1H3,(H,26,27,29). The molecular formula is C19H14ClF3N4O2. The van der Waals surface area contributed by atoms with Crippen LogP contribution in [0.25, 0.3) is 11.6 Å². The van der Waals surface area contributed by atoms with Crippen molar-refractivity contribution in [3.8, 4) is 11.6 Å². The summed E-state index contributed by atoms with van der Waals surface area (Å²) in [4.78, 5) is 39.0. The highest BCUT2D eigenvalue weighted by Crippen LogP contribution is 2.35. The van der Waals surface area contributed by atoms with Gasteiger partial charge in [-0.25, -0.2) is 15.0 Å². The smallest absolute Gasteiger partial charge is 0.304 e. The monoisotopic (exact) mass is 422 g/mol. The highest BCUT2D eigenvalue weighted by Gasteiger charge is 2.31. The van der Waals surface area contributed by atoms with E-state index in [9.17, 15) is 22.8 Å². The molecular weight excluding hydrogens is 409 g/mol. The zero-order valence-electron chi connectivity index (χ0n) is 15.0. The Morgan fingerprint density at radius 1 is 1.21 bits per heavy atom. The van der Waals surface area contributed by atoms with Crippen molar-refractivity contribution < 1.29 is 18.0 Å². The lowest BCUT2D eigenvalue weighted by Crippen LogP contribution is -2.16. The number of halogens is 4. The summed E-state index contributed by atoms with van der Waals surface area (Å²) < 4.78 is 38.4. The predicted octanol–water partition coefficient (Wildman–Crippen LogP) is 4.28. The van der Waals surface area contributed by atoms with Gasteiger partial charge in [0.05, 0.1) is 5.56 Å². The maximum atomic E-state index is 12.8. The van der Waals surface area contributed by atoms with E-state index in [1.54, 1.807) is 13.0 Å². The van der Waals surface area contributed by atoms with Crippen LogP contribution in [0.3, 0.4) is 0 Å². The van der Waals surface area contributed by atoms with Gasteiger partial charge in [-0.3, -0.25) is 9.59 Å². The molecule has 2 aromatic heterocycles. The molecule has 6 nitrogen and oxygen atoms in total. The van der Waals surface area contributed by atoms with Crippen molar-refractivity contribution >= 4 is 17.4 Å². The van der Waals surface area contributed by atoms with Gasteiger partial charge in [-0.05, 0) is 29.7 Å². The number of hydrogen-bond donors (Lipinski definition) is 1. The molecule has 1 aromatic carbocycles. The fourth-order valence-corrected chi connectivity index (χ4v) is 3.09. The van der Waals surface area contributed by atoms with Gasteiger partial charge in [-0.1, -0.05) is 24.6 Å². The van der Waals surface area contributed by atoms with E-state index in [0.717, 1.165) is 18.2 Å². The Hall–Kier alpha value is -3.07. The van der Waals surface area contributed by atoms with E-state index in [1.807, 2.05) is 0 Å². The van der Waals surface area contributed by atoms with Crippen LogP contribution in [0.4, 0.5) is 13.2 Å². The largest absolute Gasteiger partial charge is 0.416 e. The molecule has 3 aromatic rings. The minimum absolute atomic E-state index is 0.0432. The Balaban J connectivity index is 1.84. The van der Waals surface area contributed by atoms with E-state index in [0.29, 0.717) is 5.56 Å². The van der Waals surface area contributed by atoms with Gasteiger partial charge >= 0.3 is 6.18 Å².